The van der Waals surface area contributed by atoms with Crippen LogP contribution in [0.3, 0.4) is 0 Å². The van der Waals surface area contributed by atoms with Crippen molar-refractivity contribution in [1.29, 1.82) is 0 Å². The Hall–Kier alpha value is -3.04. The summed E-state index contributed by atoms with van der Waals surface area (Å²) in [6.45, 7) is 1.93. The number of nitrogens with two attached hydrogens (primary N) is 1. The number of phenolic OH excluding ortho intramolecular Hbond substituents is 2. The van der Waals surface area contributed by atoms with Crippen molar-refractivity contribution < 1.29 is 23.4 Å². The SMILES string of the molecule is Cc1cc(COc2cccc(O)c2O)nn1-c1ccc(S(N)(=O)=O)cc1. The van der Waals surface area contributed by atoms with Gasteiger partial charge in [0.25, 0.3) is 0 Å². The number of aryl methyl sites for hydroxylation is 1. The number of aromatic hydroxyl groups is 2. The fourth-order valence-corrected chi connectivity index (χ4v) is 2.94. The lowest BCUT2D eigenvalue weighted by Crippen LogP contribution is -2.12. The molecule has 4 N–H and O–H groups in total. The highest BCUT2D eigenvalue weighted by molar-refractivity contribution is 7.89. The number of hydrogen-bond donors (Lipinski definition) is 3. The van der Waals surface area contributed by atoms with Crippen molar-refractivity contribution in [2.45, 2.75) is 18.4 Å². The first kappa shape index (κ1) is 17.8. The van der Waals surface area contributed by atoms with Crippen molar-refractivity contribution >= 4 is 10.0 Å². The standard InChI is InChI=1S/C17H17N3O5S/c1-11-9-12(10-25-16-4-2-3-15(21)17(16)22)19-20(11)13-5-7-14(8-6-13)26(18,23)24/h2-9,21-22H,10H2,1H3,(H2,18,23,24). The van der Waals surface area contributed by atoms with Gasteiger partial charge in [0, 0.05) is 5.69 Å². The molecule has 3 aromatic rings. The normalized spacial score (nSPS) is 11.5. The van der Waals surface area contributed by atoms with Crippen molar-refractivity contribution in [3.8, 4) is 22.9 Å². The molecule has 0 aliphatic carbocycles. The quantitative estimate of drug-likeness (QED) is 0.584. The minimum Gasteiger partial charge on any atom is -0.504 e. The first-order chi connectivity index (χ1) is 12.3. The molecule has 8 nitrogen and oxygen atoms in total. The summed E-state index contributed by atoms with van der Waals surface area (Å²) in [6, 6.07) is 12.3. The van der Waals surface area contributed by atoms with Crippen molar-refractivity contribution in [1.82, 2.24) is 9.78 Å². The van der Waals surface area contributed by atoms with Crippen molar-refractivity contribution in [3.63, 3.8) is 0 Å². The maximum absolute atomic E-state index is 11.3. The Bertz CT molecular complexity index is 1040. The summed E-state index contributed by atoms with van der Waals surface area (Å²) in [5.41, 5.74) is 2.08. The largest absolute Gasteiger partial charge is 0.504 e. The van der Waals surface area contributed by atoms with E-state index in [4.69, 9.17) is 9.88 Å². The first-order valence-corrected chi connectivity index (χ1v) is 9.13. The number of benzene rings is 2. The highest BCUT2D eigenvalue weighted by atomic mass is 32.2. The van der Waals surface area contributed by atoms with Crippen LogP contribution in [0.5, 0.6) is 17.2 Å². The van der Waals surface area contributed by atoms with Gasteiger partial charge in [-0.1, -0.05) is 6.07 Å². The topological polar surface area (TPSA) is 128 Å². The summed E-state index contributed by atoms with van der Waals surface area (Å²) in [7, 11) is -3.75. The molecule has 3 rings (SSSR count). The van der Waals surface area contributed by atoms with Gasteiger partial charge in [0.05, 0.1) is 10.6 Å². The minimum atomic E-state index is -3.75. The molecule has 0 aliphatic rings. The van der Waals surface area contributed by atoms with E-state index in [2.05, 4.69) is 5.10 Å². The van der Waals surface area contributed by atoms with Gasteiger partial charge in [-0.3, -0.25) is 0 Å². The van der Waals surface area contributed by atoms with Crippen LogP contribution in [0.25, 0.3) is 5.69 Å². The number of para-hydroxylation sites is 1. The molecule has 136 valence electrons. The van der Waals surface area contributed by atoms with Gasteiger partial charge in [0.15, 0.2) is 11.5 Å². The summed E-state index contributed by atoms with van der Waals surface area (Å²) >= 11 is 0. The van der Waals surface area contributed by atoms with E-state index in [1.165, 1.54) is 24.3 Å². The van der Waals surface area contributed by atoms with Crippen LogP contribution in [0.4, 0.5) is 0 Å². The molecule has 0 atom stereocenters. The molecule has 0 saturated carbocycles. The first-order valence-electron chi connectivity index (χ1n) is 7.58. The predicted molar refractivity (Wildman–Crippen MR) is 93.8 cm³/mol. The Balaban J connectivity index is 1.80. The number of nitrogens with zero attached hydrogens (tertiary/aromatic N) is 2. The lowest BCUT2D eigenvalue weighted by Gasteiger charge is -2.07. The Morgan fingerprint density at radius 1 is 1.15 bits per heavy atom. The maximum Gasteiger partial charge on any atom is 0.238 e. The second-order valence-corrected chi connectivity index (χ2v) is 7.20. The fraction of sp³-hybridized carbons (Fsp3) is 0.118. The van der Waals surface area contributed by atoms with Crippen LogP contribution >= 0.6 is 0 Å². The fourth-order valence-electron chi connectivity index (χ4n) is 2.43. The van der Waals surface area contributed by atoms with Crippen LogP contribution in [-0.4, -0.2) is 28.4 Å². The lowest BCUT2D eigenvalue weighted by molar-refractivity contribution is 0.278. The average Bonchev–Trinajstić information content (AvgIpc) is 2.96. The highest BCUT2D eigenvalue weighted by Gasteiger charge is 2.12. The van der Waals surface area contributed by atoms with Gasteiger partial charge in [-0.25, -0.2) is 18.2 Å². The lowest BCUT2D eigenvalue weighted by atomic mass is 10.3. The van der Waals surface area contributed by atoms with Crippen LogP contribution in [0.1, 0.15) is 11.4 Å². The number of primary sulfonamides is 1. The zero-order valence-corrected chi connectivity index (χ0v) is 14.6. The van der Waals surface area contributed by atoms with Crippen LogP contribution in [0.15, 0.2) is 53.4 Å². The van der Waals surface area contributed by atoms with E-state index in [-0.39, 0.29) is 28.8 Å². The molecule has 0 bridgehead atoms. The smallest absolute Gasteiger partial charge is 0.238 e. The van der Waals surface area contributed by atoms with E-state index in [1.807, 2.05) is 6.92 Å². The molecule has 0 spiro atoms. The van der Waals surface area contributed by atoms with Gasteiger partial charge >= 0.3 is 0 Å². The van der Waals surface area contributed by atoms with Crippen molar-refractivity contribution in [2.24, 2.45) is 5.14 Å². The summed E-state index contributed by atoms with van der Waals surface area (Å²) in [6.07, 6.45) is 0. The third-order valence-corrected chi connectivity index (χ3v) is 4.63. The van der Waals surface area contributed by atoms with Crippen molar-refractivity contribution in [3.05, 3.63) is 59.9 Å². The van der Waals surface area contributed by atoms with Gasteiger partial charge in [0.1, 0.15) is 12.3 Å². The number of hydrogen-bond acceptors (Lipinski definition) is 6. The summed E-state index contributed by atoms with van der Waals surface area (Å²) in [4.78, 5) is 0.0222. The van der Waals surface area contributed by atoms with Gasteiger partial charge in [-0.05, 0) is 49.4 Å². The van der Waals surface area contributed by atoms with E-state index in [0.29, 0.717) is 11.4 Å². The third-order valence-electron chi connectivity index (χ3n) is 3.70. The number of aromatic nitrogens is 2. The Morgan fingerprint density at radius 3 is 2.50 bits per heavy atom. The molecule has 0 radical (unpaired) electrons. The molecular formula is C17H17N3O5S. The Labute approximate surface area is 150 Å². The average molecular weight is 375 g/mol. The Morgan fingerprint density at radius 2 is 1.85 bits per heavy atom. The van der Waals surface area contributed by atoms with Crippen LogP contribution in [0.2, 0.25) is 0 Å². The van der Waals surface area contributed by atoms with Gasteiger partial charge in [-0.15, -0.1) is 0 Å². The third kappa shape index (κ3) is 3.63. The number of ether oxygens (including phenoxy) is 1. The second kappa shape index (κ2) is 6.70. The molecule has 2 aromatic carbocycles. The predicted octanol–water partition coefficient (Wildman–Crippen LogP) is 1.82. The monoisotopic (exact) mass is 375 g/mol. The summed E-state index contributed by atoms with van der Waals surface area (Å²) < 4.78 is 29.8. The van der Waals surface area contributed by atoms with Gasteiger partial charge in [-0.2, -0.15) is 5.10 Å². The second-order valence-electron chi connectivity index (χ2n) is 5.64. The molecule has 1 heterocycles. The molecule has 1 aromatic heterocycles. The Kier molecular flexibility index (Phi) is 4.58. The minimum absolute atomic E-state index is 0.0222. The van der Waals surface area contributed by atoms with E-state index >= 15 is 0 Å². The molecular weight excluding hydrogens is 358 g/mol. The zero-order valence-electron chi connectivity index (χ0n) is 13.8. The van der Waals surface area contributed by atoms with Crippen LogP contribution in [0, 0.1) is 6.92 Å². The van der Waals surface area contributed by atoms with E-state index in [9.17, 15) is 18.6 Å². The summed E-state index contributed by atoms with van der Waals surface area (Å²) in [5, 5.41) is 28.7. The van der Waals surface area contributed by atoms with E-state index in [0.717, 1.165) is 5.69 Å². The van der Waals surface area contributed by atoms with Crippen LogP contribution < -0.4 is 9.88 Å². The van der Waals surface area contributed by atoms with E-state index in [1.54, 1.807) is 28.9 Å². The zero-order chi connectivity index (χ0) is 18.9. The molecule has 0 aliphatic heterocycles. The molecule has 26 heavy (non-hydrogen) atoms. The molecule has 0 amide bonds. The maximum atomic E-state index is 11.3. The number of sulfonamides is 1. The number of rotatable bonds is 5. The number of phenols is 2. The van der Waals surface area contributed by atoms with Crippen LogP contribution in [-0.2, 0) is 16.6 Å². The molecule has 0 unspecified atom stereocenters. The van der Waals surface area contributed by atoms with Crippen molar-refractivity contribution in [2.75, 3.05) is 0 Å². The van der Waals surface area contributed by atoms with E-state index < -0.39 is 10.0 Å². The molecule has 9 heteroatoms. The van der Waals surface area contributed by atoms with Gasteiger partial charge < -0.3 is 14.9 Å². The summed E-state index contributed by atoms with van der Waals surface area (Å²) in [5.74, 6) is -0.448. The van der Waals surface area contributed by atoms with Gasteiger partial charge in [0.2, 0.25) is 15.8 Å². The highest BCUT2D eigenvalue weighted by Crippen LogP contribution is 2.34. The molecule has 0 fully saturated rings. The molecule has 0 saturated heterocycles.